The van der Waals surface area contributed by atoms with Gasteiger partial charge in [-0.05, 0) is 37.1 Å². The fraction of sp³-hybridized carbons (Fsp3) is 0.500. The van der Waals surface area contributed by atoms with E-state index < -0.39 is 5.41 Å². The zero-order valence-corrected chi connectivity index (χ0v) is 12.4. The molecule has 1 aliphatic rings. The molecule has 114 valence electrons. The van der Waals surface area contributed by atoms with Crippen LogP contribution in [0, 0.1) is 5.41 Å². The molecule has 0 saturated heterocycles. The van der Waals surface area contributed by atoms with Crippen LogP contribution in [0.4, 0.5) is 11.4 Å². The number of anilines is 2. The predicted molar refractivity (Wildman–Crippen MR) is 83.9 cm³/mol. The summed E-state index contributed by atoms with van der Waals surface area (Å²) >= 11 is 0. The lowest BCUT2D eigenvalue weighted by molar-refractivity contribution is -0.126. The number of hydrogen-bond acceptors (Lipinski definition) is 3. The molecule has 0 atom stereocenters. The molecule has 5 heteroatoms. The van der Waals surface area contributed by atoms with Crippen LogP contribution in [-0.4, -0.2) is 18.4 Å². The van der Waals surface area contributed by atoms with Crippen LogP contribution in [0.15, 0.2) is 24.3 Å². The summed E-state index contributed by atoms with van der Waals surface area (Å²) in [6.07, 6.45) is 5.03. The van der Waals surface area contributed by atoms with Crippen molar-refractivity contribution in [3.8, 4) is 0 Å². The zero-order chi connectivity index (χ0) is 15.3. The first-order valence-electron chi connectivity index (χ1n) is 7.45. The molecular weight excluding hydrogens is 266 g/mol. The first kappa shape index (κ1) is 15.5. The summed E-state index contributed by atoms with van der Waals surface area (Å²) in [7, 11) is 0. The van der Waals surface area contributed by atoms with Crippen LogP contribution in [-0.2, 0) is 9.59 Å². The standard InChI is InChI=1S/C16H23N3O2/c1-12(20)18-13-5-7-14(8-6-13)19-15(21)16(11-17)9-3-2-4-10-16/h5-8H,2-4,9-11,17H2,1H3,(H,18,20)(H,19,21). The Labute approximate surface area is 125 Å². The van der Waals surface area contributed by atoms with E-state index in [4.69, 9.17) is 5.73 Å². The molecule has 0 spiro atoms. The van der Waals surface area contributed by atoms with Crippen LogP contribution in [0.5, 0.6) is 0 Å². The number of carbonyl (C=O) groups excluding carboxylic acids is 2. The minimum atomic E-state index is -0.422. The average Bonchev–Trinajstić information content (AvgIpc) is 2.49. The van der Waals surface area contributed by atoms with Crippen LogP contribution in [0.3, 0.4) is 0 Å². The average molecular weight is 289 g/mol. The van der Waals surface area contributed by atoms with E-state index in [0.29, 0.717) is 12.2 Å². The molecule has 0 bridgehead atoms. The summed E-state index contributed by atoms with van der Waals surface area (Å²) < 4.78 is 0. The fourth-order valence-electron chi connectivity index (χ4n) is 2.86. The van der Waals surface area contributed by atoms with E-state index in [2.05, 4.69) is 10.6 Å². The Hall–Kier alpha value is -1.88. The van der Waals surface area contributed by atoms with Gasteiger partial charge in [0.2, 0.25) is 11.8 Å². The molecule has 5 nitrogen and oxygen atoms in total. The molecule has 21 heavy (non-hydrogen) atoms. The van der Waals surface area contributed by atoms with Gasteiger partial charge in [0.1, 0.15) is 0 Å². The van der Waals surface area contributed by atoms with Crippen LogP contribution >= 0.6 is 0 Å². The summed E-state index contributed by atoms with van der Waals surface area (Å²) in [6.45, 7) is 1.85. The van der Waals surface area contributed by atoms with Gasteiger partial charge in [-0.15, -0.1) is 0 Å². The minimum absolute atomic E-state index is 0.0111. The van der Waals surface area contributed by atoms with Gasteiger partial charge in [0.25, 0.3) is 0 Å². The molecule has 4 N–H and O–H groups in total. The Morgan fingerprint density at radius 3 is 2.05 bits per heavy atom. The molecule has 1 fully saturated rings. The van der Waals surface area contributed by atoms with E-state index >= 15 is 0 Å². The number of rotatable bonds is 4. The van der Waals surface area contributed by atoms with E-state index in [9.17, 15) is 9.59 Å². The van der Waals surface area contributed by atoms with E-state index in [1.54, 1.807) is 24.3 Å². The van der Waals surface area contributed by atoms with Crippen LogP contribution in [0.1, 0.15) is 39.0 Å². The van der Waals surface area contributed by atoms with E-state index in [1.165, 1.54) is 13.3 Å². The maximum absolute atomic E-state index is 12.5. The van der Waals surface area contributed by atoms with Crippen molar-refractivity contribution < 1.29 is 9.59 Å². The predicted octanol–water partition coefficient (Wildman–Crippen LogP) is 2.49. The first-order chi connectivity index (χ1) is 10.1. The summed E-state index contributed by atoms with van der Waals surface area (Å²) in [5.74, 6) is -0.104. The van der Waals surface area contributed by atoms with Gasteiger partial charge < -0.3 is 16.4 Å². The highest BCUT2D eigenvalue weighted by molar-refractivity contribution is 5.96. The minimum Gasteiger partial charge on any atom is -0.329 e. The molecule has 2 amide bonds. The highest BCUT2D eigenvalue weighted by Crippen LogP contribution is 2.36. The number of nitrogens with two attached hydrogens (primary N) is 1. The highest BCUT2D eigenvalue weighted by Gasteiger charge is 2.38. The topological polar surface area (TPSA) is 84.2 Å². The second-order valence-electron chi connectivity index (χ2n) is 5.76. The third-order valence-electron chi connectivity index (χ3n) is 4.15. The largest absolute Gasteiger partial charge is 0.329 e. The quantitative estimate of drug-likeness (QED) is 0.796. The lowest BCUT2D eigenvalue weighted by Crippen LogP contribution is -2.43. The molecule has 1 aromatic carbocycles. The summed E-state index contributed by atoms with van der Waals surface area (Å²) in [4.78, 5) is 23.5. The number of amides is 2. The Morgan fingerprint density at radius 1 is 1.05 bits per heavy atom. The molecular formula is C16H23N3O2. The summed E-state index contributed by atoms with van der Waals surface area (Å²) in [5, 5.41) is 5.65. The van der Waals surface area contributed by atoms with Crippen molar-refractivity contribution in [3.63, 3.8) is 0 Å². The van der Waals surface area contributed by atoms with E-state index in [-0.39, 0.29) is 11.8 Å². The molecule has 1 aliphatic carbocycles. The van der Waals surface area contributed by atoms with Gasteiger partial charge in [-0.1, -0.05) is 19.3 Å². The van der Waals surface area contributed by atoms with Gasteiger partial charge in [-0.3, -0.25) is 9.59 Å². The second-order valence-corrected chi connectivity index (χ2v) is 5.76. The maximum atomic E-state index is 12.5. The summed E-state index contributed by atoms with van der Waals surface area (Å²) in [6, 6.07) is 7.12. The highest BCUT2D eigenvalue weighted by atomic mass is 16.2. The number of nitrogens with one attached hydrogen (secondary N) is 2. The van der Waals surface area contributed by atoms with Crippen molar-refractivity contribution in [2.24, 2.45) is 11.1 Å². The number of carbonyl (C=O) groups is 2. The molecule has 2 rings (SSSR count). The van der Waals surface area contributed by atoms with Crippen LogP contribution in [0.2, 0.25) is 0 Å². The molecule has 0 aromatic heterocycles. The molecule has 0 unspecified atom stereocenters. The van der Waals surface area contributed by atoms with Crippen molar-refractivity contribution >= 4 is 23.2 Å². The van der Waals surface area contributed by atoms with Gasteiger partial charge in [0.15, 0.2) is 0 Å². The van der Waals surface area contributed by atoms with Gasteiger partial charge >= 0.3 is 0 Å². The zero-order valence-electron chi connectivity index (χ0n) is 12.4. The van der Waals surface area contributed by atoms with Gasteiger partial charge in [-0.2, -0.15) is 0 Å². The van der Waals surface area contributed by atoms with Gasteiger partial charge in [0, 0.05) is 24.8 Å². The van der Waals surface area contributed by atoms with Crippen molar-refractivity contribution in [2.45, 2.75) is 39.0 Å². The van der Waals surface area contributed by atoms with Crippen LogP contribution < -0.4 is 16.4 Å². The summed E-state index contributed by atoms with van der Waals surface area (Å²) in [5.41, 5.74) is 6.89. The normalized spacial score (nSPS) is 17.0. The lowest BCUT2D eigenvalue weighted by atomic mass is 9.73. The fourth-order valence-corrected chi connectivity index (χ4v) is 2.86. The smallest absolute Gasteiger partial charge is 0.231 e. The van der Waals surface area contributed by atoms with Crippen molar-refractivity contribution in [1.29, 1.82) is 0 Å². The van der Waals surface area contributed by atoms with Gasteiger partial charge in [0.05, 0.1) is 5.41 Å². The lowest BCUT2D eigenvalue weighted by Gasteiger charge is -2.34. The van der Waals surface area contributed by atoms with E-state index in [1.807, 2.05) is 0 Å². The third kappa shape index (κ3) is 3.82. The Bertz CT molecular complexity index is 505. The van der Waals surface area contributed by atoms with Crippen LogP contribution in [0.25, 0.3) is 0 Å². The van der Waals surface area contributed by atoms with Crippen molar-refractivity contribution in [3.05, 3.63) is 24.3 Å². The molecule has 0 aliphatic heterocycles. The molecule has 0 heterocycles. The maximum Gasteiger partial charge on any atom is 0.231 e. The Kier molecular flexibility index (Phi) is 4.96. The number of benzene rings is 1. The van der Waals surface area contributed by atoms with E-state index in [0.717, 1.165) is 31.4 Å². The van der Waals surface area contributed by atoms with Crippen molar-refractivity contribution in [1.82, 2.24) is 0 Å². The SMILES string of the molecule is CC(=O)Nc1ccc(NC(=O)C2(CN)CCCCC2)cc1. The molecule has 1 saturated carbocycles. The first-order valence-corrected chi connectivity index (χ1v) is 7.45. The van der Waals surface area contributed by atoms with Gasteiger partial charge in [-0.25, -0.2) is 0 Å². The third-order valence-corrected chi connectivity index (χ3v) is 4.15. The monoisotopic (exact) mass is 289 g/mol. The number of hydrogen-bond donors (Lipinski definition) is 3. The molecule has 1 aromatic rings. The van der Waals surface area contributed by atoms with Crippen molar-refractivity contribution in [2.75, 3.05) is 17.2 Å². The Balaban J connectivity index is 2.03. The Morgan fingerprint density at radius 2 is 1.57 bits per heavy atom. The second kappa shape index (κ2) is 6.72. The molecule has 0 radical (unpaired) electrons.